The number of aliphatic hydroxyl groups is 1. The summed E-state index contributed by atoms with van der Waals surface area (Å²) >= 11 is 6.06. The van der Waals surface area contributed by atoms with Gasteiger partial charge in [0.2, 0.25) is 0 Å². The van der Waals surface area contributed by atoms with Crippen molar-refractivity contribution in [1.82, 2.24) is 4.90 Å². The van der Waals surface area contributed by atoms with Gasteiger partial charge in [0.25, 0.3) is 0 Å². The van der Waals surface area contributed by atoms with Crippen LogP contribution < -0.4 is 0 Å². The molecule has 4 heteroatoms. The molecule has 1 aliphatic heterocycles. The van der Waals surface area contributed by atoms with E-state index in [-0.39, 0.29) is 6.10 Å². The van der Waals surface area contributed by atoms with Crippen molar-refractivity contribution in [2.75, 3.05) is 26.2 Å². The molecule has 2 atom stereocenters. The van der Waals surface area contributed by atoms with E-state index in [9.17, 15) is 5.11 Å². The van der Waals surface area contributed by atoms with Crippen LogP contribution in [0.4, 0.5) is 0 Å². The zero-order chi connectivity index (χ0) is 12.3. The summed E-state index contributed by atoms with van der Waals surface area (Å²) in [6.45, 7) is 5.12. The van der Waals surface area contributed by atoms with Gasteiger partial charge in [0.15, 0.2) is 0 Å². The molecule has 0 aliphatic carbocycles. The van der Waals surface area contributed by atoms with Gasteiger partial charge in [-0.1, -0.05) is 29.8 Å². The predicted octanol–water partition coefficient (Wildman–Crippen LogP) is 2.09. The van der Waals surface area contributed by atoms with Crippen LogP contribution in [0.3, 0.4) is 0 Å². The molecular weight excluding hydrogens is 238 g/mol. The first-order valence-corrected chi connectivity index (χ1v) is 6.31. The van der Waals surface area contributed by atoms with Crippen LogP contribution in [-0.2, 0) is 4.74 Å². The van der Waals surface area contributed by atoms with Gasteiger partial charge in [-0.3, -0.25) is 4.90 Å². The van der Waals surface area contributed by atoms with Crippen LogP contribution in [0.25, 0.3) is 0 Å². The number of β-amino-alcohol motifs (C(OH)–C–C–N with tert-alkyl or cyclic N) is 1. The van der Waals surface area contributed by atoms with Crippen LogP contribution in [0, 0.1) is 0 Å². The van der Waals surface area contributed by atoms with Gasteiger partial charge in [0.1, 0.15) is 0 Å². The van der Waals surface area contributed by atoms with Crippen LogP contribution in [0.5, 0.6) is 0 Å². The lowest BCUT2D eigenvalue weighted by atomic mass is 10.1. The lowest BCUT2D eigenvalue weighted by Crippen LogP contribution is -2.42. The molecule has 3 nitrogen and oxygen atoms in total. The fourth-order valence-electron chi connectivity index (χ4n) is 2.14. The molecule has 0 radical (unpaired) electrons. The maximum Gasteiger partial charge on any atom is 0.0931 e. The topological polar surface area (TPSA) is 32.7 Å². The number of nitrogens with zero attached hydrogens (tertiary/aromatic N) is 1. The fraction of sp³-hybridized carbons (Fsp3) is 0.538. The Hall–Kier alpha value is -0.610. The Labute approximate surface area is 107 Å². The average molecular weight is 256 g/mol. The van der Waals surface area contributed by atoms with Gasteiger partial charge in [-0.25, -0.2) is 0 Å². The highest BCUT2D eigenvalue weighted by molar-refractivity contribution is 6.31. The van der Waals surface area contributed by atoms with Crippen LogP contribution in [0.2, 0.25) is 5.02 Å². The standard InChI is InChI=1S/C13H18ClNO2/c1-10-8-15(6-7-17-10)9-13(16)11-4-2-3-5-12(11)14/h2-5,10,13,16H,6-9H2,1H3. The van der Waals surface area contributed by atoms with E-state index in [2.05, 4.69) is 4.90 Å². The summed E-state index contributed by atoms with van der Waals surface area (Å²) < 4.78 is 5.47. The van der Waals surface area contributed by atoms with Crippen molar-refractivity contribution in [3.63, 3.8) is 0 Å². The highest BCUT2D eigenvalue weighted by Crippen LogP contribution is 2.23. The number of rotatable bonds is 3. The molecule has 0 bridgehead atoms. The minimum absolute atomic E-state index is 0.238. The van der Waals surface area contributed by atoms with E-state index in [4.69, 9.17) is 16.3 Å². The van der Waals surface area contributed by atoms with Crippen molar-refractivity contribution in [3.05, 3.63) is 34.9 Å². The summed E-state index contributed by atoms with van der Waals surface area (Å²) in [4.78, 5) is 2.21. The lowest BCUT2D eigenvalue weighted by molar-refractivity contribution is -0.0318. The quantitative estimate of drug-likeness (QED) is 0.898. The number of ether oxygens (including phenoxy) is 1. The molecule has 1 fully saturated rings. The zero-order valence-electron chi connectivity index (χ0n) is 9.97. The Kier molecular flexibility index (Phi) is 4.40. The summed E-state index contributed by atoms with van der Waals surface area (Å²) in [5.74, 6) is 0. The van der Waals surface area contributed by atoms with Gasteiger partial charge < -0.3 is 9.84 Å². The van der Waals surface area contributed by atoms with E-state index in [1.54, 1.807) is 0 Å². The second-order valence-electron chi connectivity index (χ2n) is 4.48. The molecule has 2 rings (SSSR count). The van der Waals surface area contributed by atoms with Crippen molar-refractivity contribution < 1.29 is 9.84 Å². The molecule has 1 aromatic carbocycles. The first kappa shape index (κ1) is 12.8. The summed E-state index contributed by atoms with van der Waals surface area (Å²) in [6.07, 6.45) is -0.295. The summed E-state index contributed by atoms with van der Waals surface area (Å²) in [5, 5.41) is 10.8. The largest absolute Gasteiger partial charge is 0.387 e. The summed E-state index contributed by atoms with van der Waals surface area (Å²) in [6, 6.07) is 7.45. The average Bonchev–Trinajstić information content (AvgIpc) is 2.29. The number of hydrogen-bond acceptors (Lipinski definition) is 3. The van der Waals surface area contributed by atoms with E-state index in [0.717, 1.165) is 25.3 Å². The van der Waals surface area contributed by atoms with Crippen LogP contribution in [-0.4, -0.2) is 42.4 Å². The number of benzene rings is 1. The molecular formula is C13H18ClNO2. The Morgan fingerprint density at radius 2 is 2.29 bits per heavy atom. The first-order valence-electron chi connectivity index (χ1n) is 5.93. The van der Waals surface area contributed by atoms with Crippen molar-refractivity contribution in [1.29, 1.82) is 0 Å². The van der Waals surface area contributed by atoms with Gasteiger partial charge in [0.05, 0.1) is 18.8 Å². The molecule has 0 amide bonds. The Morgan fingerprint density at radius 1 is 1.53 bits per heavy atom. The molecule has 0 aromatic heterocycles. The fourth-order valence-corrected chi connectivity index (χ4v) is 2.41. The van der Waals surface area contributed by atoms with E-state index < -0.39 is 6.10 Å². The lowest BCUT2D eigenvalue weighted by Gasteiger charge is -2.32. The molecule has 0 saturated carbocycles. The molecule has 1 saturated heterocycles. The van der Waals surface area contributed by atoms with E-state index >= 15 is 0 Å². The SMILES string of the molecule is CC1CN(CC(O)c2ccccc2Cl)CCO1. The number of aliphatic hydroxyl groups excluding tert-OH is 1. The van der Waals surface area contributed by atoms with Crippen molar-refractivity contribution in [3.8, 4) is 0 Å². The maximum absolute atomic E-state index is 10.2. The van der Waals surface area contributed by atoms with E-state index in [1.807, 2.05) is 31.2 Å². The number of hydrogen-bond donors (Lipinski definition) is 1. The molecule has 1 heterocycles. The number of morpholine rings is 1. The molecule has 17 heavy (non-hydrogen) atoms. The molecule has 0 spiro atoms. The zero-order valence-corrected chi connectivity index (χ0v) is 10.7. The van der Waals surface area contributed by atoms with Crippen LogP contribution in [0.15, 0.2) is 24.3 Å². The summed E-state index contributed by atoms with van der Waals surface area (Å²) in [7, 11) is 0. The minimum Gasteiger partial charge on any atom is -0.387 e. The second-order valence-corrected chi connectivity index (χ2v) is 4.89. The molecule has 1 aromatic rings. The highest BCUT2D eigenvalue weighted by Gasteiger charge is 2.20. The maximum atomic E-state index is 10.2. The van der Waals surface area contributed by atoms with Gasteiger partial charge in [-0.2, -0.15) is 0 Å². The highest BCUT2D eigenvalue weighted by atomic mass is 35.5. The van der Waals surface area contributed by atoms with Crippen LogP contribution in [0.1, 0.15) is 18.6 Å². The molecule has 2 unspecified atom stereocenters. The molecule has 1 aliphatic rings. The van der Waals surface area contributed by atoms with Crippen molar-refractivity contribution in [2.24, 2.45) is 0 Å². The third-order valence-electron chi connectivity index (χ3n) is 3.02. The van der Waals surface area contributed by atoms with E-state index in [0.29, 0.717) is 11.6 Å². The predicted molar refractivity (Wildman–Crippen MR) is 68.3 cm³/mol. The Bertz CT molecular complexity index is 372. The Balaban J connectivity index is 1.97. The third-order valence-corrected chi connectivity index (χ3v) is 3.36. The minimum atomic E-state index is -0.533. The number of halogens is 1. The smallest absolute Gasteiger partial charge is 0.0931 e. The summed E-state index contributed by atoms with van der Waals surface area (Å²) in [5.41, 5.74) is 0.799. The monoisotopic (exact) mass is 255 g/mol. The first-order chi connectivity index (χ1) is 8.16. The molecule has 94 valence electrons. The second kappa shape index (κ2) is 5.83. The normalized spacial score (nSPS) is 23.6. The van der Waals surface area contributed by atoms with Crippen molar-refractivity contribution in [2.45, 2.75) is 19.1 Å². The van der Waals surface area contributed by atoms with Gasteiger partial charge in [-0.15, -0.1) is 0 Å². The van der Waals surface area contributed by atoms with Gasteiger partial charge in [0, 0.05) is 30.2 Å². The van der Waals surface area contributed by atoms with Gasteiger partial charge >= 0.3 is 0 Å². The van der Waals surface area contributed by atoms with Crippen molar-refractivity contribution >= 4 is 11.6 Å². The van der Waals surface area contributed by atoms with E-state index in [1.165, 1.54) is 0 Å². The van der Waals surface area contributed by atoms with Crippen LogP contribution >= 0.6 is 11.6 Å². The third kappa shape index (κ3) is 3.42. The van der Waals surface area contributed by atoms with Gasteiger partial charge in [-0.05, 0) is 13.0 Å². The Morgan fingerprint density at radius 3 is 3.00 bits per heavy atom. The molecule has 1 N–H and O–H groups in total.